The van der Waals surface area contributed by atoms with Crippen LogP contribution in [0.25, 0.3) is 5.69 Å². The molecule has 0 saturated carbocycles. The molecule has 0 atom stereocenters. The lowest BCUT2D eigenvalue weighted by Gasteiger charge is -2.14. The lowest BCUT2D eigenvalue weighted by Crippen LogP contribution is -2.24. The van der Waals surface area contributed by atoms with Gasteiger partial charge in [-0.2, -0.15) is 5.10 Å². The molecule has 2 aromatic rings. The number of aryl methyl sites for hydroxylation is 2. The Morgan fingerprint density at radius 3 is 2.52 bits per heavy atom. The fraction of sp³-hybridized carbons (Fsp3) is 0.412. The number of rotatable bonds is 4. The van der Waals surface area contributed by atoms with Crippen molar-refractivity contribution in [2.24, 2.45) is 0 Å². The van der Waals surface area contributed by atoms with Crippen molar-refractivity contribution in [2.45, 2.75) is 40.5 Å². The molecule has 21 heavy (non-hydrogen) atoms. The molecule has 0 aliphatic rings. The Bertz CT molecular complexity index is 656. The minimum absolute atomic E-state index is 0.0430. The summed E-state index contributed by atoms with van der Waals surface area (Å²) in [5.41, 5.74) is 4.61. The third-order valence-corrected chi connectivity index (χ3v) is 3.55. The van der Waals surface area contributed by atoms with Crippen LogP contribution >= 0.6 is 0 Å². The Labute approximate surface area is 126 Å². The van der Waals surface area contributed by atoms with Crippen molar-refractivity contribution < 1.29 is 4.79 Å². The van der Waals surface area contributed by atoms with Crippen LogP contribution in [0.4, 0.5) is 0 Å². The predicted molar refractivity (Wildman–Crippen MR) is 85.1 cm³/mol. The van der Waals surface area contributed by atoms with Crippen molar-refractivity contribution in [3.8, 4) is 5.69 Å². The van der Waals surface area contributed by atoms with Gasteiger partial charge in [0.25, 0.3) is 5.91 Å². The molecule has 1 N–H and O–H groups in total. The first-order valence-corrected chi connectivity index (χ1v) is 7.41. The summed E-state index contributed by atoms with van der Waals surface area (Å²) in [4.78, 5) is 12.4. The number of para-hydroxylation sites is 1. The van der Waals surface area contributed by atoms with Crippen LogP contribution in [-0.4, -0.2) is 22.2 Å². The Morgan fingerprint density at radius 2 is 1.95 bits per heavy atom. The monoisotopic (exact) mass is 285 g/mol. The fourth-order valence-electron chi connectivity index (χ4n) is 2.59. The Morgan fingerprint density at radius 1 is 1.29 bits per heavy atom. The minimum Gasteiger partial charge on any atom is -0.352 e. The van der Waals surface area contributed by atoms with Gasteiger partial charge in [-0.1, -0.05) is 32.0 Å². The van der Waals surface area contributed by atoms with Gasteiger partial charge in [0.1, 0.15) is 0 Å². The molecule has 0 saturated heterocycles. The number of nitrogens with zero attached hydrogens (tertiary/aromatic N) is 2. The van der Waals surface area contributed by atoms with Gasteiger partial charge in [-0.25, -0.2) is 4.68 Å². The highest BCUT2D eigenvalue weighted by Crippen LogP contribution is 2.27. The molecular formula is C17H23N3O. The van der Waals surface area contributed by atoms with Crippen LogP contribution in [0, 0.1) is 13.8 Å². The molecule has 1 aromatic carbocycles. The van der Waals surface area contributed by atoms with Crippen LogP contribution in [0.3, 0.4) is 0 Å². The SMILES string of the molecule is CCNC(=O)c1c(C)nn(-c2ccccc2C)c1C(C)C. The van der Waals surface area contributed by atoms with Gasteiger partial charge >= 0.3 is 0 Å². The molecule has 1 aromatic heterocycles. The molecule has 112 valence electrons. The normalized spacial score (nSPS) is 11.0. The molecule has 4 heteroatoms. The Balaban J connectivity index is 2.66. The van der Waals surface area contributed by atoms with Crippen molar-refractivity contribution in [3.63, 3.8) is 0 Å². The Kier molecular flexibility index (Phi) is 4.46. The summed E-state index contributed by atoms with van der Waals surface area (Å²) in [7, 11) is 0. The molecular weight excluding hydrogens is 262 g/mol. The van der Waals surface area contributed by atoms with Gasteiger partial charge in [0.05, 0.1) is 22.6 Å². The first-order valence-electron chi connectivity index (χ1n) is 7.41. The number of amides is 1. The van der Waals surface area contributed by atoms with Crippen molar-refractivity contribution in [3.05, 3.63) is 46.8 Å². The van der Waals surface area contributed by atoms with Gasteiger partial charge in [-0.15, -0.1) is 0 Å². The van der Waals surface area contributed by atoms with E-state index in [0.717, 1.165) is 22.6 Å². The summed E-state index contributed by atoms with van der Waals surface area (Å²) in [6.07, 6.45) is 0. The molecule has 0 bridgehead atoms. The smallest absolute Gasteiger partial charge is 0.255 e. The van der Waals surface area contributed by atoms with Gasteiger partial charge in [0.2, 0.25) is 0 Å². The number of hydrogen-bond donors (Lipinski definition) is 1. The van der Waals surface area contributed by atoms with E-state index in [1.807, 2.05) is 36.7 Å². The van der Waals surface area contributed by atoms with Crippen molar-refractivity contribution >= 4 is 5.91 Å². The molecule has 1 amide bonds. The van der Waals surface area contributed by atoms with E-state index < -0.39 is 0 Å². The third kappa shape index (κ3) is 2.84. The van der Waals surface area contributed by atoms with E-state index in [-0.39, 0.29) is 11.8 Å². The highest BCUT2D eigenvalue weighted by Gasteiger charge is 2.24. The first-order chi connectivity index (χ1) is 9.97. The summed E-state index contributed by atoms with van der Waals surface area (Å²) >= 11 is 0. The second-order valence-electron chi connectivity index (χ2n) is 5.56. The van der Waals surface area contributed by atoms with Gasteiger partial charge < -0.3 is 5.32 Å². The van der Waals surface area contributed by atoms with E-state index in [0.29, 0.717) is 12.1 Å². The maximum atomic E-state index is 12.4. The van der Waals surface area contributed by atoms with Crippen LogP contribution in [0.15, 0.2) is 24.3 Å². The van der Waals surface area contributed by atoms with E-state index in [4.69, 9.17) is 0 Å². The average molecular weight is 285 g/mol. The molecule has 0 spiro atoms. The van der Waals surface area contributed by atoms with E-state index in [1.165, 1.54) is 0 Å². The van der Waals surface area contributed by atoms with Gasteiger partial charge in [0, 0.05) is 6.54 Å². The number of carbonyl (C=O) groups excluding carboxylic acids is 1. The number of nitrogens with one attached hydrogen (secondary N) is 1. The second-order valence-corrected chi connectivity index (χ2v) is 5.56. The van der Waals surface area contributed by atoms with E-state index in [1.54, 1.807) is 0 Å². The third-order valence-electron chi connectivity index (χ3n) is 3.55. The highest BCUT2D eigenvalue weighted by atomic mass is 16.1. The quantitative estimate of drug-likeness (QED) is 0.936. The van der Waals surface area contributed by atoms with Crippen molar-refractivity contribution in [1.29, 1.82) is 0 Å². The van der Waals surface area contributed by atoms with Crippen molar-refractivity contribution in [1.82, 2.24) is 15.1 Å². The molecule has 0 radical (unpaired) electrons. The Hall–Kier alpha value is -2.10. The van der Waals surface area contributed by atoms with E-state index in [2.05, 4.69) is 37.3 Å². The lowest BCUT2D eigenvalue weighted by molar-refractivity contribution is 0.0954. The largest absolute Gasteiger partial charge is 0.352 e. The minimum atomic E-state index is -0.0430. The number of carbonyl (C=O) groups is 1. The summed E-state index contributed by atoms with van der Waals surface area (Å²) in [5, 5.41) is 7.51. The predicted octanol–water partition coefficient (Wildman–Crippen LogP) is 3.36. The average Bonchev–Trinajstić information content (AvgIpc) is 2.77. The summed E-state index contributed by atoms with van der Waals surface area (Å²) in [6.45, 7) is 10.7. The van der Waals surface area contributed by atoms with E-state index in [9.17, 15) is 4.79 Å². The van der Waals surface area contributed by atoms with Gasteiger partial charge in [0.15, 0.2) is 0 Å². The van der Waals surface area contributed by atoms with Crippen molar-refractivity contribution in [2.75, 3.05) is 6.54 Å². The van der Waals surface area contributed by atoms with Gasteiger partial charge in [-0.3, -0.25) is 4.79 Å². The van der Waals surface area contributed by atoms with Crippen LogP contribution in [-0.2, 0) is 0 Å². The number of aromatic nitrogens is 2. The van der Waals surface area contributed by atoms with Crippen LogP contribution in [0.5, 0.6) is 0 Å². The number of benzene rings is 1. The van der Waals surface area contributed by atoms with Crippen LogP contribution in [0.1, 0.15) is 54.0 Å². The molecule has 0 fully saturated rings. The van der Waals surface area contributed by atoms with Crippen LogP contribution in [0.2, 0.25) is 0 Å². The molecule has 4 nitrogen and oxygen atoms in total. The molecule has 0 aliphatic heterocycles. The highest BCUT2D eigenvalue weighted by molar-refractivity contribution is 5.96. The van der Waals surface area contributed by atoms with Gasteiger partial charge in [-0.05, 0) is 38.3 Å². The summed E-state index contributed by atoms with van der Waals surface area (Å²) < 4.78 is 1.92. The van der Waals surface area contributed by atoms with Crippen LogP contribution < -0.4 is 5.32 Å². The zero-order valence-electron chi connectivity index (χ0n) is 13.4. The molecule has 0 aliphatic carbocycles. The topological polar surface area (TPSA) is 46.9 Å². The lowest BCUT2D eigenvalue weighted by atomic mass is 10.0. The standard InChI is InChI=1S/C17H23N3O/c1-6-18-17(21)15-13(5)19-20(16(15)11(2)3)14-10-8-7-9-12(14)4/h7-11H,6H2,1-5H3,(H,18,21). The summed E-state index contributed by atoms with van der Waals surface area (Å²) in [6, 6.07) is 8.10. The zero-order valence-corrected chi connectivity index (χ0v) is 13.4. The molecule has 0 unspecified atom stereocenters. The maximum absolute atomic E-state index is 12.4. The second kappa shape index (κ2) is 6.12. The van der Waals surface area contributed by atoms with E-state index >= 15 is 0 Å². The first kappa shape index (κ1) is 15.3. The maximum Gasteiger partial charge on any atom is 0.255 e. The summed E-state index contributed by atoms with van der Waals surface area (Å²) in [5.74, 6) is 0.168. The number of hydrogen-bond acceptors (Lipinski definition) is 2. The fourth-order valence-corrected chi connectivity index (χ4v) is 2.59. The zero-order chi connectivity index (χ0) is 15.6. The molecule has 1 heterocycles. The molecule has 2 rings (SSSR count).